The van der Waals surface area contributed by atoms with Gasteiger partial charge in [0, 0.05) is 28.3 Å². The molecule has 3 atom stereocenters. The SMILES string of the molecule is Cc1cc(C)c([N+](=O)[O-])c(C)c1[C@@H]1[C@H](C(=O)c2ccccc2)N2c3ccccc3C=C[C@H]2C1(C#N)C#N. The third-order valence-electron chi connectivity index (χ3n) is 7.73. The molecule has 0 aromatic heterocycles. The molecule has 0 bridgehead atoms. The van der Waals surface area contributed by atoms with Gasteiger partial charge in [-0.05, 0) is 49.6 Å². The number of aryl methyl sites for hydroxylation is 2. The number of carbonyl (C=O) groups excluding carboxylic acids is 1. The van der Waals surface area contributed by atoms with Gasteiger partial charge in [-0.2, -0.15) is 10.5 Å². The molecule has 7 heteroatoms. The number of Topliss-reactive ketones (excluding diaryl/α,β-unsaturated/α-hetero) is 1. The molecule has 182 valence electrons. The topological polar surface area (TPSA) is 111 Å². The number of anilines is 1. The van der Waals surface area contributed by atoms with E-state index in [0.717, 1.165) is 11.3 Å². The van der Waals surface area contributed by atoms with Crippen LogP contribution in [0, 0.1) is 59.0 Å². The van der Waals surface area contributed by atoms with Crippen LogP contribution in [0.4, 0.5) is 11.4 Å². The third-order valence-corrected chi connectivity index (χ3v) is 7.73. The van der Waals surface area contributed by atoms with E-state index in [9.17, 15) is 25.4 Å². The highest BCUT2D eigenvalue weighted by Crippen LogP contribution is 2.57. The van der Waals surface area contributed by atoms with E-state index in [1.807, 2.05) is 54.3 Å². The van der Waals surface area contributed by atoms with Crippen molar-refractivity contribution in [2.75, 3.05) is 4.90 Å². The average Bonchev–Trinajstić information content (AvgIpc) is 3.18. The Morgan fingerprint density at radius 3 is 2.30 bits per heavy atom. The van der Waals surface area contributed by atoms with Crippen molar-refractivity contribution in [3.05, 3.63) is 110 Å². The van der Waals surface area contributed by atoms with Crippen LogP contribution in [0.2, 0.25) is 0 Å². The Bertz CT molecular complexity index is 1550. The number of nitriles is 2. The van der Waals surface area contributed by atoms with Gasteiger partial charge in [0.1, 0.15) is 6.04 Å². The summed E-state index contributed by atoms with van der Waals surface area (Å²) in [5.74, 6) is -1.18. The molecule has 2 aliphatic heterocycles. The number of nitrogens with zero attached hydrogens (tertiary/aromatic N) is 4. The van der Waals surface area contributed by atoms with Crippen LogP contribution in [-0.4, -0.2) is 22.8 Å². The first kappa shape index (κ1) is 24.0. The number of hydrogen-bond donors (Lipinski definition) is 0. The lowest BCUT2D eigenvalue weighted by Gasteiger charge is -2.35. The largest absolute Gasteiger partial charge is 0.351 e. The minimum Gasteiger partial charge on any atom is -0.351 e. The Morgan fingerprint density at radius 2 is 1.65 bits per heavy atom. The van der Waals surface area contributed by atoms with Crippen LogP contribution in [0.15, 0.2) is 66.7 Å². The van der Waals surface area contributed by atoms with Crippen LogP contribution >= 0.6 is 0 Å². The molecular weight excluding hydrogens is 464 g/mol. The number of benzene rings is 3. The number of nitro benzene ring substituents is 1. The zero-order valence-electron chi connectivity index (χ0n) is 20.7. The maximum Gasteiger partial charge on any atom is 0.275 e. The molecule has 37 heavy (non-hydrogen) atoms. The fraction of sp³-hybridized carbons (Fsp3) is 0.233. The molecule has 3 aromatic carbocycles. The molecule has 0 N–H and O–H groups in total. The molecule has 1 fully saturated rings. The molecule has 0 aliphatic carbocycles. The summed E-state index contributed by atoms with van der Waals surface area (Å²) < 4.78 is 0. The Morgan fingerprint density at radius 1 is 1.00 bits per heavy atom. The minimum atomic E-state index is -1.67. The van der Waals surface area contributed by atoms with Gasteiger partial charge in [0.2, 0.25) is 0 Å². The summed E-state index contributed by atoms with van der Waals surface area (Å²) in [7, 11) is 0. The summed E-state index contributed by atoms with van der Waals surface area (Å²) in [6.45, 7) is 5.15. The van der Waals surface area contributed by atoms with Crippen molar-refractivity contribution in [1.29, 1.82) is 10.5 Å². The van der Waals surface area contributed by atoms with Crippen LogP contribution in [0.25, 0.3) is 6.08 Å². The number of fused-ring (bicyclic) bond motifs is 3. The summed E-state index contributed by atoms with van der Waals surface area (Å²) in [4.78, 5) is 27.8. The molecule has 2 aliphatic rings. The summed E-state index contributed by atoms with van der Waals surface area (Å²) >= 11 is 0. The quantitative estimate of drug-likeness (QED) is 0.260. The number of para-hydroxylation sites is 1. The molecule has 3 aromatic rings. The highest BCUT2D eigenvalue weighted by atomic mass is 16.6. The molecule has 5 rings (SSSR count). The summed E-state index contributed by atoms with van der Waals surface area (Å²) in [6.07, 6.45) is 3.69. The van der Waals surface area contributed by atoms with Gasteiger partial charge in [0.25, 0.3) is 5.69 Å². The first-order valence-electron chi connectivity index (χ1n) is 12.0. The highest BCUT2D eigenvalue weighted by molar-refractivity contribution is 6.04. The molecule has 0 saturated carbocycles. The van der Waals surface area contributed by atoms with Crippen LogP contribution in [0.5, 0.6) is 0 Å². The first-order valence-corrected chi connectivity index (χ1v) is 12.0. The van der Waals surface area contributed by atoms with E-state index in [1.165, 1.54) is 0 Å². The van der Waals surface area contributed by atoms with Gasteiger partial charge in [-0.3, -0.25) is 14.9 Å². The van der Waals surface area contributed by atoms with Gasteiger partial charge < -0.3 is 4.90 Å². The third kappa shape index (κ3) is 3.36. The normalized spacial score (nSPS) is 20.9. The van der Waals surface area contributed by atoms with Gasteiger partial charge in [-0.1, -0.05) is 60.7 Å². The highest BCUT2D eigenvalue weighted by Gasteiger charge is 2.64. The van der Waals surface area contributed by atoms with Crippen LogP contribution < -0.4 is 4.90 Å². The number of rotatable bonds is 4. The van der Waals surface area contributed by atoms with E-state index in [2.05, 4.69) is 12.1 Å². The van der Waals surface area contributed by atoms with E-state index in [4.69, 9.17) is 0 Å². The van der Waals surface area contributed by atoms with Crippen molar-refractivity contribution in [2.45, 2.75) is 38.8 Å². The van der Waals surface area contributed by atoms with Crippen molar-refractivity contribution in [3.63, 3.8) is 0 Å². The van der Waals surface area contributed by atoms with Crippen molar-refractivity contribution in [2.24, 2.45) is 5.41 Å². The van der Waals surface area contributed by atoms with E-state index in [-0.39, 0.29) is 11.5 Å². The van der Waals surface area contributed by atoms with E-state index >= 15 is 0 Å². The summed E-state index contributed by atoms with van der Waals surface area (Å²) in [5, 5.41) is 33.3. The predicted octanol–water partition coefficient (Wildman–Crippen LogP) is 5.80. The van der Waals surface area contributed by atoms with E-state index in [1.54, 1.807) is 44.2 Å². The van der Waals surface area contributed by atoms with Gasteiger partial charge >= 0.3 is 0 Å². The maximum absolute atomic E-state index is 14.3. The van der Waals surface area contributed by atoms with Gasteiger partial charge in [-0.15, -0.1) is 0 Å². The number of hydrogen-bond acceptors (Lipinski definition) is 6. The monoisotopic (exact) mass is 488 g/mol. The van der Waals surface area contributed by atoms with Crippen molar-refractivity contribution in [1.82, 2.24) is 0 Å². The lowest BCUT2D eigenvalue weighted by molar-refractivity contribution is -0.386. The second-order valence-corrected chi connectivity index (χ2v) is 9.67. The molecule has 2 heterocycles. The minimum absolute atomic E-state index is 0.0582. The molecule has 0 radical (unpaired) electrons. The maximum atomic E-state index is 14.3. The molecule has 0 spiro atoms. The molecular formula is C30H24N4O3. The van der Waals surface area contributed by atoms with Crippen LogP contribution in [-0.2, 0) is 0 Å². The molecule has 0 amide bonds. The Labute approximate surface area is 215 Å². The lowest BCUT2D eigenvalue weighted by atomic mass is 9.67. The van der Waals surface area contributed by atoms with Gasteiger partial charge in [0.05, 0.1) is 23.1 Å². The first-order chi connectivity index (χ1) is 17.8. The fourth-order valence-corrected chi connectivity index (χ4v) is 6.27. The predicted molar refractivity (Wildman–Crippen MR) is 140 cm³/mol. The molecule has 7 nitrogen and oxygen atoms in total. The van der Waals surface area contributed by atoms with Crippen molar-refractivity contribution < 1.29 is 9.72 Å². The Kier molecular flexibility index (Phi) is 5.65. The molecule has 1 saturated heterocycles. The standard InChI is InChI=1S/C30H24N4O3/c1-18-15-19(2)27(34(36)37)20(3)25(18)26-28(29(35)22-10-5-4-6-11-22)33-23-12-8-7-9-21(23)13-14-24(33)30(26,16-31)17-32/h4-15,24,26,28H,1-3H3/t24-,26+,28+/m0/s1. The molecule has 0 unspecified atom stereocenters. The second kappa shape index (κ2) is 8.72. The fourth-order valence-electron chi connectivity index (χ4n) is 6.27. The van der Waals surface area contributed by atoms with Crippen LogP contribution in [0.3, 0.4) is 0 Å². The zero-order chi connectivity index (χ0) is 26.5. The van der Waals surface area contributed by atoms with Gasteiger partial charge in [0.15, 0.2) is 11.2 Å². The smallest absolute Gasteiger partial charge is 0.275 e. The number of nitro groups is 1. The Hall–Kier alpha value is -4.75. The van der Waals surface area contributed by atoms with Crippen LogP contribution in [0.1, 0.15) is 44.1 Å². The lowest BCUT2D eigenvalue weighted by Crippen LogP contribution is -2.44. The number of ketones is 1. The Balaban J connectivity index is 1.88. The summed E-state index contributed by atoms with van der Waals surface area (Å²) in [5.41, 5.74) is 2.44. The average molecular weight is 489 g/mol. The van der Waals surface area contributed by atoms with E-state index < -0.39 is 28.3 Å². The van der Waals surface area contributed by atoms with Crippen molar-refractivity contribution in [3.8, 4) is 12.1 Å². The zero-order valence-corrected chi connectivity index (χ0v) is 20.7. The van der Waals surface area contributed by atoms with Gasteiger partial charge in [-0.25, -0.2) is 0 Å². The van der Waals surface area contributed by atoms with E-state index in [0.29, 0.717) is 27.8 Å². The van der Waals surface area contributed by atoms with Crippen molar-refractivity contribution >= 4 is 23.2 Å². The summed E-state index contributed by atoms with van der Waals surface area (Å²) in [6, 6.07) is 21.0. The number of carbonyl (C=O) groups is 1. The second-order valence-electron chi connectivity index (χ2n) is 9.67.